The molecule has 2 saturated heterocycles. The smallest absolute Gasteiger partial charge is 0.320 e. The van der Waals surface area contributed by atoms with E-state index in [1.165, 1.54) is 0 Å². The second kappa shape index (κ2) is 7.11. The van der Waals surface area contributed by atoms with Gasteiger partial charge < -0.3 is 20.0 Å². The average Bonchev–Trinajstić information content (AvgIpc) is 2.94. The number of carbonyl (C=O) groups is 2. The van der Waals surface area contributed by atoms with Gasteiger partial charge in [-0.2, -0.15) is 0 Å². The van der Waals surface area contributed by atoms with E-state index in [1.54, 1.807) is 6.92 Å². The molecule has 6 nitrogen and oxygen atoms in total. The van der Waals surface area contributed by atoms with Crippen molar-refractivity contribution in [2.45, 2.75) is 45.1 Å². The summed E-state index contributed by atoms with van der Waals surface area (Å²) in [5.41, 5.74) is 0. The van der Waals surface area contributed by atoms with Crippen LogP contribution in [0.4, 0.5) is 4.79 Å². The van der Waals surface area contributed by atoms with Gasteiger partial charge in [0.05, 0.1) is 6.10 Å². The highest BCUT2D eigenvalue weighted by Gasteiger charge is 2.33. The zero-order valence-electron chi connectivity index (χ0n) is 12.7. The largest absolute Gasteiger partial charge is 0.481 e. The maximum absolute atomic E-state index is 12.5. The van der Waals surface area contributed by atoms with Crippen molar-refractivity contribution >= 4 is 12.0 Å². The number of carbonyl (C=O) groups excluding carboxylic acids is 1. The molecular formula is C15H26N2O4. The molecule has 0 spiro atoms. The second-order valence-electron chi connectivity index (χ2n) is 6.40. The summed E-state index contributed by atoms with van der Waals surface area (Å²) in [5.74, 6) is -0.284. The summed E-state index contributed by atoms with van der Waals surface area (Å²) in [4.78, 5) is 26.9. The van der Waals surface area contributed by atoms with Gasteiger partial charge in [-0.05, 0) is 38.5 Å². The third-order valence-corrected chi connectivity index (χ3v) is 4.73. The summed E-state index contributed by atoms with van der Waals surface area (Å²) in [7, 11) is 0. The lowest BCUT2D eigenvalue weighted by molar-refractivity contribution is -0.137. The zero-order valence-corrected chi connectivity index (χ0v) is 12.7. The number of urea groups is 1. The van der Waals surface area contributed by atoms with Crippen LogP contribution in [0, 0.1) is 11.8 Å². The molecule has 120 valence electrons. The topological polar surface area (TPSA) is 81.1 Å². The van der Waals surface area contributed by atoms with Gasteiger partial charge in [-0.15, -0.1) is 0 Å². The lowest BCUT2D eigenvalue weighted by atomic mass is 9.93. The average molecular weight is 298 g/mol. The van der Waals surface area contributed by atoms with E-state index in [9.17, 15) is 14.7 Å². The van der Waals surface area contributed by atoms with Crippen LogP contribution >= 0.6 is 0 Å². The standard InChI is InChI=1S/C15H26N2O4/c1-11(18)13-6-8-17(10-13)15(21)16-7-2-3-12(9-16)4-5-14(19)20/h11-13,18H,2-10H2,1H3,(H,19,20). The first kappa shape index (κ1) is 16.1. The number of hydrogen-bond acceptors (Lipinski definition) is 3. The number of aliphatic hydroxyl groups is 1. The SMILES string of the molecule is CC(O)C1CCN(C(=O)N2CCCC(CCC(=O)O)C2)C1. The quantitative estimate of drug-likeness (QED) is 0.821. The summed E-state index contributed by atoms with van der Waals surface area (Å²) < 4.78 is 0. The van der Waals surface area contributed by atoms with Crippen LogP contribution in [-0.4, -0.2) is 64.3 Å². The number of carboxylic acid groups (broad SMARTS) is 1. The molecule has 3 atom stereocenters. The molecule has 0 aromatic carbocycles. The lowest BCUT2D eigenvalue weighted by Crippen LogP contribution is -2.47. The van der Waals surface area contributed by atoms with E-state index in [-0.39, 0.29) is 24.5 Å². The number of hydrogen-bond donors (Lipinski definition) is 2. The van der Waals surface area contributed by atoms with Gasteiger partial charge in [0.25, 0.3) is 0 Å². The molecule has 2 heterocycles. The summed E-state index contributed by atoms with van der Waals surface area (Å²) >= 11 is 0. The van der Waals surface area contributed by atoms with Gasteiger partial charge in [-0.1, -0.05) is 0 Å². The molecular weight excluding hydrogens is 272 g/mol. The Morgan fingerprint density at radius 2 is 1.90 bits per heavy atom. The fraction of sp³-hybridized carbons (Fsp3) is 0.867. The first-order valence-corrected chi connectivity index (χ1v) is 7.91. The third kappa shape index (κ3) is 4.33. The van der Waals surface area contributed by atoms with E-state index in [0.717, 1.165) is 25.8 Å². The van der Waals surface area contributed by atoms with Crippen molar-refractivity contribution in [3.8, 4) is 0 Å². The third-order valence-electron chi connectivity index (χ3n) is 4.73. The number of aliphatic carboxylic acids is 1. The number of piperidine rings is 1. The Hall–Kier alpha value is -1.30. The Labute approximate surface area is 125 Å². The van der Waals surface area contributed by atoms with Gasteiger partial charge in [0, 0.05) is 38.5 Å². The molecule has 6 heteroatoms. The Kier molecular flexibility index (Phi) is 5.45. The van der Waals surface area contributed by atoms with Crippen LogP contribution in [0.5, 0.6) is 0 Å². The number of nitrogens with zero attached hydrogens (tertiary/aromatic N) is 2. The van der Waals surface area contributed by atoms with Crippen LogP contribution in [0.25, 0.3) is 0 Å². The van der Waals surface area contributed by atoms with Gasteiger partial charge in [0.15, 0.2) is 0 Å². The Morgan fingerprint density at radius 3 is 2.52 bits per heavy atom. The summed E-state index contributed by atoms with van der Waals surface area (Å²) in [6, 6.07) is 0.0539. The van der Waals surface area contributed by atoms with Crippen LogP contribution < -0.4 is 0 Å². The lowest BCUT2D eigenvalue weighted by Gasteiger charge is -2.35. The number of carboxylic acids is 1. The maximum atomic E-state index is 12.5. The molecule has 0 aromatic heterocycles. The van der Waals surface area contributed by atoms with Crippen LogP contribution in [0.3, 0.4) is 0 Å². The van der Waals surface area contributed by atoms with Crippen molar-refractivity contribution in [2.24, 2.45) is 11.8 Å². The molecule has 2 aliphatic heterocycles. The molecule has 0 bridgehead atoms. The van der Waals surface area contributed by atoms with Crippen molar-refractivity contribution in [3.05, 3.63) is 0 Å². The van der Waals surface area contributed by atoms with Crippen LogP contribution in [0.1, 0.15) is 39.0 Å². The van der Waals surface area contributed by atoms with E-state index in [1.807, 2.05) is 9.80 Å². The highest BCUT2D eigenvalue weighted by atomic mass is 16.4. The van der Waals surface area contributed by atoms with Crippen LogP contribution in [-0.2, 0) is 4.79 Å². The van der Waals surface area contributed by atoms with E-state index in [2.05, 4.69) is 0 Å². The monoisotopic (exact) mass is 298 g/mol. The van der Waals surface area contributed by atoms with Gasteiger partial charge in [-0.3, -0.25) is 4.79 Å². The van der Waals surface area contributed by atoms with Gasteiger partial charge in [0.1, 0.15) is 0 Å². The van der Waals surface area contributed by atoms with Gasteiger partial charge >= 0.3 is 12.0 Å². The van der Waals surface area contributed by atoms with Crippen LogP contribution in [0.2, 0.25) is 0 Å². The molecule has 2 rings (SSSR count). The Balaban J connectivity index is 1.83. The second-order valence-corrected chi connectivity index (χ2v) is 6.40. The van der Waals surface area contributed by atoms with Crippen molar-refractivity contribution in [3.63, 3.8) is 0 Å². The number of amides is 2. The maximum Gasteiger partial charge on any atom is 0.320 e. The predicted molar refractivity (Wildman–Crippen MR) is 77.9 cm³/mol. The number of rotatable bonds is 4. The minimum atomic E-state index is -0.766. The van der Waals surface area contributed by atoms with Crippen molar-refractivity contribution in [1.82, 2.24) is 9.80 Å². The molecule has 2 N–H and O–H groups in total. The first-order valence-electron chi connectivity index (χ1n) is 7.91. The molecule has 2 amide bonds. The first-order chi connectivity index (χ1) is 9.97. The van der Waals surface area contributed by atoms with Crippen LogP contribution in [0.15, 0.2) is 0 Å². The van der Waals surface area contributed by atoms with Gasteiger partial charge in [0.2, 0.25) is 0 Å². The van der Waals surface area contributed by atoms with E-state index >= 15 is 0 Å². The molecule has 2 aliphatic rings. The molecule has 21 heavy (non-hydrogen) atoms. The molecule has 0 aliphatic carbocycles. The minimum Gasteiger partial charge on any atom is -0.481 e. The summed E-state index contributed by atoms with van der Waals surface area (Å²) in [6.45, 7) is 4.55. The normalized spacial score (nSPS) is 27.7. The Bertz CT molecular complexity index is 386. The van der Waals surface area contributed by atoms with Gasteiger partial charge in [-0.25, -0.2) is 4.79 Å². The van der Waals surface area contributed by atoms with Crippen molar-refractivity contribution in [2.75, 3.05) is 26.2 Å². The fourth-order valence-corrected chi connectivity index (χ4v) is 3.36. The van der Waals surface area contributed by atoms with E-state index < -0.39 is 5.97 Å². The fourth-order valence-electron chi connectivity index (χ4n) is 3.36. The molecule has 0 saturated carbocycles. The van der Waals surface area contributed by atoms with Crippen molar-refractivity contribution in [1.29, 1.82) is 0 Å². The number of likely N-dealkylation sites (tertiary alicyclic amines) is 2. The Morgan fingerprint density at radius 1 is 1.19 bits per heavy atom. The summed E-state index contributed by atoms with van der Waals surface area (Å²) in [6.07, 6.45) is 3.28. The highest BCUT2D eigenvalue weighted by Crippen LogP contribution is 2.25. The zero-order chi connectivity index (χ0) is 15.4. The summed E-state index contributed by atoms with van der Waals surface area (Å²) in [5, 5.41) is 18.4. The number of aliphatic hydroxyl groups excluding tert-OH is 1. The molecule has 2 fully saturated rings. The molecule has 3 unspecified atom stereocenters. The van der Waals surface area contributed by atoms with E-state index in [0.29, 0.717) is 32.0 Å². The molecule has 0 radical (unpaired) electrons. The molecule has 0 aromatic rings. The predicted octanol–water partition coefficient (Wildman–Crippen LogP) is 1.39. The van der Waals surface area contributed by atoms with Crippen molar-refractivity contribution < 1.29 is 19.8 Å². The van der Waals surface area contributed by atoms with E-state index in [4.69, 9.17) is 5.11 Å². The minimum absolute atomic E-state index is 0.0539. The highest BCUT2D eigenvalue weighted by molar-refractivity contribution is 5.75.